The fourth-order valence-electron chi connectivity index (χ4n) is 1.32. The largest absolute Gasteiger partial charge is 0.323 e. The maximum Gasteiger partial charge on any atom is 0.241 e. The summed E-state index contributed by atoms with van der Waals surface area (Å²) in [6.07, 6.45) is 0.870. The Bertz CT molecular complexity index is 411. The highest BCUT2D eigenvalue weighted by molar-refractivity contribution is 14.1. The molecule has 1 aromatic rings. The maximum atomic E-state index is 11.9. The van der Waals surface area contributed by atoms with Crippen LogP contribution in [0.1, 0.15) is 20.3 Å². The monoisotopic (exact) mass is 366 g/mol. The lowest BCUT2D eigenvalue weighted by Crippen LogP contribution is -2.40. The van der Waals surface area contributed by atoms with E-state index in [1.807, 2.05) is 19.9 Å². The Labute approximate surface area is 120 Å². The first kappa shape index (κ1) is 14.7. The molecule has 0 radical (unpaired) electrons. The number of nitrogens with two attached hydrogens (primary N) is 1. The number of amides is 1. The molecule has 0 aliphatic rings. The number of benzene rings is 1. The number of hydrogen-bond acceptors (Lipinski definition) is 2. The van der Waals surface area contributed by atoms with Crippen LogP contribution in [0, 0.1) is 9.49 Å². The number of carbonyl (C=O) groups excluding carboxylic acids is 1. The molecule has 1 aromatic carbocycles. The number of rotatable bonds is 4. The second-order valence-corrected chi connectivity index (χ2v) is 5.68. The van der Waals surface area contributed by atoms with Gasteiger partial charge < -0.3 is 11.1 Å². The second kappa shape index (κ2) is 6.56. The third kappa shape index (κ3) is 4.12. The smallest absolute Gasteiger partial charge is 0.241 e. The molecule has 3 N–H and O–H groups in total. The molecule has 1 rings (SSSR count). The van der Waals surface area contributed by atoms with Crippen molar-refractivity contribution >= 4 is 45.8 Å². The zero-order valence-electron chi connectivity index (χ0n) is 9.84. The number of nitrogens with one attached hydrogen (secondary N) is 1. The van der Waals surface area contributed by atoms with Crippen molar-refractivity contribution in [2.75, 3.05) is 5.32 Å². The first-order valence-corrected chi connectivity index (χ1v) is 6.92. The molecule has 0 aromatic heterocycles. The molecule has 1 amide bonds. The normalized spacial score (nSPS) is 14.2. The quantitative estimate of drug-likeness (QED) is 0.804. The van der Waals surface area contributed by atoms with Gasteiger partial charge in [0.25, 0.3) is 0 Å². The fourth-order valence-corrected chi connectivity index (χ4v) is 2.22. The zero-order valence-corrected chi connectivity index (χ0v) is 12.7. The Morgan fingerprint density at radius 3 is 2.76 bits per heavy atom. The Morgan fingerprint density at radius 1 is 1.59 bits per heavy atom. The molecule has 0 fully saturated rings. The van der Waals surface area contributed by atoms with Gasteiger partial charge in [0.05, 0.1) is 16.8 Å². The summed E-state index contributed by atoms with van der Waals surface area (Å²) in [6.45, 7) is 3.97. The van der Waals surface area contributed by atoms with Crippen LogP contribution in [0.25, 0.3) is 0 Å². The Kier molecular flexibility index (Phi) is 5.69. The number of hydrogen-bond donors (Lipinski definition) is 2. The van der Waals surface area contributed by atoms with E-state index in [1.165, 1.54) is 0 Å². The van der Waals surface area contributed by atoms with E-state index < -0.39 is 6.04 Å². The summed E-state index contributed by atoms with van der Waals surface area (Å²) in [5.41, 5.74) is 6.45. The van der Waals surface area contributed by atoms with E-state index >= 15 is 0 Å². The lowest BCUT2D eigenvalue weighted by Gasteiger charge is -2.18. The minimum Gasteiger partial charge on any atom is -0.323 e. The average molecular weight is 367 g/mol. The lowest BCUT2D eigenvalue weighted by molar-refractivity contribution is -0.118. The van der Waals surface area contributed by atoms with E-state index in [-0.39, 0.29) is 11.8 Å². The SMILES string of the molecule is CC[C@H](C)[C@H](N)C(=O)Nc1ccc(I)cc1Cl. The van der Waals surface area contributed by atoms with Gasteiger partial charge in [-0.05, 0) is 46.7 Å². The molecule has 5 heteroatoms. The molecule has 0 saturated carbocycles. The third-order valence-corrected chi connectivity index (χ3v) is 3.73. The minimum absolute atomic E-state index is 0.151. The van der Waals surface area contributed by atoms with E-state index in [1.54, 1.807) is 12.1 Å². The number of halogens is 2. The summed E-state index contributed by atoms with van der Waals surface area (Å²) in [4.78, 5) is 11.9. The predicted molar refractivity (Wildman–Crippen MR) is 80.2 cm³/mol. The van der Waals surface area contributed by atoms with Gasteiger partial charge in [-0.2, -0.15) is 0 Å². The first-order valence-electron chi connectivity index (χ1n) is 5.47. The van der Waals surface area contributed by atoms with Crippen molar-refractivity contribution in [2.24, 2.45) is 11.7 Å². The molecule has 0 bridgehead atoms. The van der Waals surface area contributed by atoms with Crippen LogP contribution in [0.3, 0.4) is 0 Å². The summed E-state index contributed by atoms with van der Waals surface area (Å²) in [5, 5.41) is 3.28. The summed E-state index contributed by atoms with van der Waals surface area (Å²) in [5.74, 6) is -0.0416. The second-order valence-electron chi connectivity index (χ2n) is 4.02. The highest BCUT2D eigenvalue weighted by atomic mass is 127. The molecule has 0 aliphatic carbocycles. The van der Waals surface area contributed by atoms with Gasteiger partial charge in [-0.3, -0.25) is 4.79 Å². The van der Waals surface area contributed by atoms with Gasteiger partial charge >= 0.3 is 0 Å². The topological polar surface area (TPSA) is 55.1 Å². The van der Waals surface area contributed by atoms with E-state index in [9.17, 15) is 4.79 Å². The summed E-state index contributed by atoms with van der Waals surface area (Å²) >= 11 is 8.20. The summed E-state index contributed by atoms with van der Waals surface area (Å²) in [7, 11) is 0. The van der Waals surface area contributed by atoms with E-state index in [4.69, 9.17) is 17.3 Å². The highest BCUT2D eigenvalue weighted by Crippen LogP contribution is 2.24. The van der Waals surface area contributed by atoms with Crippen molar-refractivity contribution in [3.63, 3.8) is 0 Å². The molecule has 0 heterocycles. The predicted octanol–water partition coefficient (Wildman–Crippen LogP) is 3.26. The summed E-state index contributed by atoms with van der Waals surface area (Å²) in [6, 6.07) is 4.96. The van der Waals surface area contributed by atoms with Crippen LogP contribution in [0.2, 0.25) is 5.02 Å². The standard InChI is InChI=1S/C12H16ClIN2O/c1-3-7(2)11(15)12(17)16-10-5-4-8(14)6-9(10)13/h4-7,11H,3,15H2,1-2H3,(H,16,17)/t7-,11-/m0/s1. The van der Waals surface area contributed by atoms with Gasteiger partial charge in [0.1, 0.15) is 0 Å². The van der Waals surface area contributed by atoms with Gasteiger partial charge in [-0.1, -0.05) is 31.9 Å². The zero-order chi connectivity index (χ0) is 13.0. The van der Waals surface area contributed by atoms with Gasteiger partial charge in [-0.25, -0.2) is 0 Å². The van der Waals surface area contributed by atoms with Crippen molar-refractivity contribution in [1.82, 2.24) is 0 Å². The molecule has 17 heavy (non-hydrogen) atoms. The van der Waals surface area contributed by atoms with Crippen molar-refractivity contribution < 1.29 is 4.79 Å². The van der Waals surface area contributed by atoms with Crippen LogP contribution >= 0.6 is 34.2 Å². The van der Waals surface area contributed by atoms with Gasteiger partial charge in [-0.15, -0.1) is 0 Å². The summed E-state index contributed by atoms with van der Waals surface area (Å²) < 4.78 is 1.02. The highest BCUT2D eigenvalue weighted by Gasteiger charge is 2.19. The molecular weight excluding hydrogens is 351 g/mol. The van der Waals surface area contributed by atoms with E-state index in [0.29, 0.717) is 10.7 Å². The molecule has 2 atom stereocenters. The van der Waals surface area contributed by atoms with Crippen molar-refractivity contribution in [3.8, 4) is 0 Å². The van der Waals surface area contributed by atoms with Crippen molar-refractivity contribution in [1.29, 1.82) is 0 Å². The van der Waals surface area contributed by atoms with Gasteiger partial charge in [0, 0.05) is 3.57 Å². The van der Waals surface area contributed by atoms with E-state index in [2.05, 4.69) is 27.9 Å². The van der Waals surface area contributed by atoms with Crippen LogP contribution in [0.4, 0.5) is 5.69 Å². The third-order valence-electron chi connectivity index (χ3n) is 2.75. The van der Waals surface area contributed by atoms with Crippen LogP contribution < -0.4 is 11.1 Å². The minimum atomic E-state index is -0.504. The van der Waals surface area contributed by atoms with Crippen molar-refractivity contribution in [2.45, 2.75) is 26.3 Å². The van der Waals surface area contributed by atoms with Crippen LogP contribution in [0.15, 0.2) is 18.2 Å². The van der Waals surface area contributed by atoms with Crippen molar-refractivity contribution in [3.05, 3.63) is 26.8 Å². The first-order chi connectivity index (χ1) is 7.95. The molecule has 0 aliphatic heterocycles. The Balaban J connectivity index is 2.74. The van der Waals surface area contributed by atoms with Gasteiger partial charge in [0.2, 0.25) is 5.91 Å². The van der Waals surface area contributed by atoms with Crippen LogP contribution in [-0.2, 0) is 4.79 Å². The number of anilines is 1. The Morgan fingerprint density at radius 2 is 2.24 bits per heavy atom. The molecule has 3 nitrogen and oxygen atoms in total. The van der Waals surface area contributed by atoms with Gasteiger partial charge in [0.15, 0.2) is 0 Å². The molecule has 94 valence electrons. The lowest BCUT2D eigenvalue weighted by atomic mass is 9.99. The molecular formula is C12H16ClIN2O. The molecule has 0 spiro atoms. The van der Waals surface area contributed by atoms with Crippen LogP contribution in [0.5, 0.6) is 0 Å². The maximum absolute atomic E-state index is 11.9. The fraction of sp³-hybridized carbons (Fsp3) is 0.417. The van der Waals surface area contributed by atoms with E-state index in [0.717, 1.165) is 9.99 Å². The Hall–Kier alpha value is -0.330. The average Bonchev–Trinajstić information content (AvgIpc) is 2.30. The molecule has 0 saturated heterocycles. The molecule has 0 unspecified atom stereocenters. The van der Waals surface area contributed by atoms with Crippen LogP contribution in [-0.4, -0.2) is 11.9 Å². The number of carbonyl (C=O) groups is 1.